The van der Waals surface area contributed by atoms with Gasteiger partial charge in [0.25, 0.3) is 0 Å². The van der Waals surface area contributed by atoms with E-state index in [4.69, 9.17) is 4.98 Å². The molecule has 1 N–H and O–H groups in total. The standard InChI is InChI=1S/C16H26N4S/c1-7-13-12(8-20(6)19-13)15(17-11(4)5)16-18-14(9-21-16)10(2)3/h8-11,15,17H,7H2,1-6H3. The molecule has 0 aliphatic heterocycles. The zero-order valence-electron chi connectivity index (χ0n) is 13.8. The van der Waals surface area contributed by atoms with E-state index in [1.54, 1.807) is 11.3 Å². The van der Waals surface area contributed by atoms with Crippen LogP contribution in [0.25, 0.3) is 0 Å². The largest absolute Gasteiger partial charge is 0.302 e. The van der Waals surface area contributed by atoms with Crippen LogP contribution in [0.1, 0.15) is 68.5 Å². The Morgan fingerprint density at radius 2 is 2.00 bits per heavy atom. The van der Waals surface area contributed by atoms with E-state index in [0.29, 0.717) is 12.0 Å². The highest BCUT2D eigenvalue weighted by Gasteiger charge is 2.23. The maximum absolute atomic E-state index is 4.84. The molecule has 2 heterocycles. The highest BCUT2D eigenvalue weighted by atomic mass is 32.1. The van der Waals surface area contributed by atoms with Crippen LogP contribution in [0.3, 0.4) is 0 Å². The van der Waals surface area contributed by atoms with E-state index >= 15 is 0 Å². The normalized spacial score (nSPS) is 13.3. The molecule has 1 atom stereocenters. The molecular formula is C16H26N4S. The maximum Gasteiger partial charge on any atom is 0.115 e. The summed E-state index contributed by atoms with van der Waals surface area (Å²) in [5.74, 6) is 0.467. The van der Waals surface area contributed by atoms with Crippen molar-refractivity contribution in [3.63, 3.8) is 0 Å². The molecule has 0 radical (unpaired) electrons. The lowest BCUT2D eigenvalue weighted by atomic mass is 10.1. The predicted molar refractivity (Wildman–Crippen MR) is 88.9 cm³/mol. The fourth-order valence-corrected chi connectivity index (χ4v) is 3.45. The van der Waals surface area contributed by atoms with Gasteiger partial charge < -0.3 is 5.32 Å². The van der Waals surface area contributed by atoms with Gasteiger partial charge in [0.15, 0.2) is 0 Å². The molecule has 0 amide bonds. The summed E-state index contributed by atoms with van der Waals surface area (Å²) in [6.45, 7) is 10.9. The molecule has 0 saturated heterocycles. The maximum atomic E-state index is 4.84. The van der Waals surface area contributed by atoms with Crippen LogP contribution in [0.2, 0.25) is 0 Å². The first kappa shape index (κ1) is 16.2. The number of nitrogens with zero attached hydrogens (tertiary/aromatic N) is 3. The Bertz CT molecular complexity index is 583. The quantitative estimate of drug-likeness (QED) is 0.886. The molecule has 5 heteroatoms. The Morgan fingerprint density at radius 3 is 2.52 bits per heavy atom. The second kappa shape index (κ2) is 6.71. The smallest absolute Gasteiger partial charge is 0.115 e. The summed E-state index contributed by atoms with van der Waals surface area (Å²) in [5.41, 5.74) is 3.57. The first-order valence-electron chi connectivity index (χ1n) is 7.66. The number of aromatic nitrogens is 3. The Hall–Kier alpha value is -1.20. The molecular weight excluding hydrogens is 280 g/mol. The van der Waals surface area contributed by atoms with Gasteiger partial charge in [-0.1, -0.05) is 20.8 Å². The third-order valence-electron chi connectivity index (χ3n) is 3.46. The van der Waals surface area contributed by atoms with Crippen LogP contribution in [-0.4, -0.2) is 20.8 Å². The average Bonchev–Trinajstić information content (AvgIpc) is 3.02. The van der Waals surface area contributed by atoms with Crippen LogP contribution in [0.4, 0.5) is 0 Å². The second-order valence-electron chi connectivity index (χ2n) is 6.08. The molecule has 2 rings (SSSR count). The van der Waals surface area contributed by atoms with Crippen LogP contribution >= 0.6 is 11.3 Å². The van der Waals surface area contributed by atoms with Gasteiger partial charge >= 0.3 is 0 Å². The summed E-state index contributed by atoms with van der Waals surface area (Å²) in [7, 11) is 1.98. The summed E-state index contributed by atoms with van der Waals surface area (Å²) < 4.78 is 1.90. The van der Waals surface area contributed by atoms with Crippen LogP contribution in [0.5, 0.6) is 0 Å². The van der Waals surface area contributed by atoms with Crippen LogP contribution in [0, 0.1) is 0 Å². The molecule has 21 heavy (non-hydrogen) atoms. The lowest BCUT2D eigenvalue weighted by Crippen LogP contribution is -2.29. The number of thiazole rings is 1. The van der Waals surface area contributed by atoms with Gasteiger partial charge in [-0.15, -0.1) is 11.3 Å². The minimum atomic E-state index is 0.131. The molecule has 0 saturated carbocycles. The number of hydrogen-bond acceptors (Lipinski definition) is 4. The van der Waals surface area contributed by atoms with Gasteiger partial charge in [-0.05, 0) is 26.2 Å². The second-order valence-corrected chi connectivity index (χ2v) is 6.97. The van der Waals surface area contributed by atoms with E-state index in [0.717, 1.165) is 17.1 Å². The van der Waals surface area contributed by atoms with Crippen LogP contribution in [0.15, 0.2) is 11.6 Å². The first-order valence-corrected chi connectivity index (χ1v) is 8.54. The lowest BCUT2D eigenvalue weighted by Gasteiger charge is -2.19. The summed E-state index contributed by atoms with van der Waals surface area (Å²) in [5, 5.41) is 11.5. The highest BCUT2D eigenvalue weighted by molar-refractivity contribution is 7.09. The number of nitrogens with one attached hydrogen (secondary N) is 1. The Labute approximate surface area is 131 Å². The molecule has 0 fully saturated rings. The molecule has 0 aromatic carbocycles. The van der Waals surface area contributed by atoms with Crippen molar-refractivity contribution in [2.24, 2.45) is 7.05 Å². The van der Waals surface area contributed by atoms with E-state index in [1.165, 1.54) is 11.3 Å². The summed E-state index contributed by atoms with van der Waals surface area (Å²) in [6.07, 6.45) is 3.06. The number of hydrogen-bond donors (Lipinski definition) is 1. The average molecular weight is 306 g/mol. The van der Waals surface area contributed by atoms with Crippen molar-refractivity contribution in [1.82, 2.24) is 20.1 Å². The molecule has 0 aliphatic rings. The highest BCUT2D eigenvalue weighted by Crippen LogP contribution is 2.29. The van der Waals surface area contributed by atoms with E-state index in [2.05, 4.69) is 56.6 Å². The van der Waals surface area contributed by atoms with Gasteiger partial charge in [0.05, 0.1) is 17.4 Å². The van der Waals surface area contributed by atoms with E-state index < -0.39 is 0 Å². The third kappa shape index (κ3) is 3.71. The van der Waals surface area contributed by atoms with Gasteiger partial charge in [-0.25, -0.2) is 4.98 Å². The minimum Gasteiger partial charge on any atom is -0.302 e. The molecule has 1 unspecified atom stereocenters. The van der Waals surface area contributed by atoms with Gasteiger partial charge in [0.1, 0.15) is 5.01 Å². The summed E-state index contributed by atoms with van der Waals surface area (Å²) in [6, 6.07) is 0.525. The van der Waals surface area contributed by atoms with Crippen molar-refractivity contribution in [1.29, 1.82) is 0 Å². The molecule has 0 spiro atoms. The van der Waals surface area contributed by atoms with E-state index in [-0.39, 0.29) is 6.04 Å². The monoisotopic (exact) mass is 306 g/mol. The van der Waals surface area contributed by atoms with Crippen molar-refractivity contribution in [2.45, 2.75) is 59.0 Å². The fraction of sp³-hybridized carbons (Fsp3) is 0.625. The molecule has 2 aromatic heterocycles. The van der Waals surface area contributed by atoms with Gasteiger partial charge in [-0.3, -0.25) is 4.68 Å². The number of rotatable bonds is 6. The Morgan fingerprint density at radius 1 is 1.29 bits per heavy atom. The molecule has 4 nitrogen and oxygen atoms in total. The van der Waals surface area contributed by atoms with E-state index in [9.17, 15) is 0 Å². The fourth-order valence-electron chi connectivity index (χ4n) is 2.39. The SMILES string of the molecule is CCc1nn(C)cc1C(NC(C)C)c1nc(C(C)C)cs1. The third-order valence-corrected chi connectivity index (χ3v) is 4.39. The van der Waals surface area contributed by atoms with E-state index in [1.807, 2.05) is 11.7 Å². The molecule has 0 bridgehead atoms. The topological polar surface area (TPSA) is 42.7 Å². The lowest BCUT2D eigenvalue weighted by molar-refractivity contribution is 0.523. The van der Waals surface area contributed by atoms with Crippen molar-refractivity contribution >= 4 is 11.3 Å². The van der Waals surface area contributed by atoms with Crippen molar-refractivity contribution in [2.75, 3.05) is 0 Å². The molecule has 116 valence electrons. The zero-order valence-corrected chi connectivity index (χ0v) is 14.7. The Kier molecular flexibility index (Phi) is 5.17. The van der Waals surface area contributed by atoms with Crippen molar-refractivity contribution in [3.8, 4) is 0 Å². The van der Waals surface area contributed by atoms with Gasteiger partial charge in [-0.2, -0.15) is 5.10 Å². The zero-order chi connectivity index (χ0) is 15.6. The summed E-state index contributed by atoms with van der Waals surface area (Å²) >= 11 is 1.74. The van der Waals surface area contributed by atoms with Crippen molar-refractivity contribution < 1.29 is 0 Å². The Balaban J connectivity index is 2.41. The predicted octanol–water partition coefficient (Wildman–Crippen LogP) is 3.65. The summed E-state index contributed by atoms with van der Waals surface area (Å²) in [4.78, 5) is 4.84. The van der Waals surface area contributed by atoms with Gasteiger partial charge in [0, 0.05) is 30.2 Å². The molecule has 2 aromatic rings. The van der Waals surface area contributed by atoms with Gasteiger partial charge in [0.2, 0.25) is 0 Å². The van der Waals surface area contributed by atoms with Crippen LogP contribution < -0.4 is 5.32 Å². The molecule has 0 aliphatic carbocycles. The minimum absolute atomic E-state index is 0.131. The first-order chi connectivity index (χ1) is 9.92. The van der Waals surface area contributed by atoms with Crippen molar-refractivity contribution in [3.05, 3.63) is 33.5 Å². The van der Waals surface area contributed by atoms with Crippen LogP contribution in [-0.2, 0) is 13.5 Å². The number of aryl methyl sites for hydroxylation is 2.